The van der Waals surface area contributed by atoms with E-state index in [-0.39, 0.29) is 0 Å². The van der Waals surface area contributed by atoms with Crippen molar-refractivity contribution < 1.29 is 0 Å². The van der Waals surface area contributed by atoms with Crippen LogP contribution in [0.1, 0.15) is 25.7 Å². The maximum atomic E-state index is 8.57. The fourth-order valence-electron chi connectivity index (χ4n) is 2.37. The summed E-state index contributed by atoms with van der Waals surface area (Å²) in [4.78, 5) is 2.52. The van der Waals surface area contributed by atoms with Crippen LogP contribution in [0.5, 0.6) is 0 Å². The minimum atomic E-state index is 0.624. The lowest BCUT2D eigenvalue weighted by Gasteiger charge is -2.29. The molecule has 2 saturated heterocycles. The molecule has 1 unspecified atom stereocenters. The molecule has 0 spiro atoms. The van der Waals surface area contributed by atoms with Crippen molar-refractivity contribution in [1.82, 2.24) is 4.90 Å². The van der Waals surface area contributed by atoms with Gasteiger partial charge in [0.2, 0.25) is 0 Å². The van der Waals surface area contributed by atoms with Crippen LogP contribution in [-0.2, 0) is 0 Å². The minimum absolute atomic E-state index is 0.624. The number of hydrogen-bond acceptors (Lipinski definition) is 2. The van der Waals surface area contributed by atoms with Gasteiger partial charge in [-0.25, -0.2) is 0 Å². The number of nitriles is 1. The monoisotopic (exact) mass is 162 g/mol. The Morgan fingerprint density at radius 3 is 3.17 bits per heavy atom. The van der Waals surface area contributed by atoms with Gasteiger partial charge >= 0.3 is 0 Å². The van der Waals surface area contributed by atoms with E-state index in [0.717, 1.165) is 6.42 Å². The lowest BCUT2D eigenvalue weighted by Crippen LogP contribution is -2.34. The molecule has 0 aliphatic carbocycles. The van der Waals surface area contributed by atoms with E-state index in [4.69, 9.17) is 5.26 Å². The maximum Gasteiger partial charge on any atom is 0.0912 e. The van der Waals surface area contributed by atoms with Gasteiger partial charge in [-0.1, -0.05) is 6.42 Å². The van der Waals surface area contributed by atoms with E-state index in [1.54, 1.807) is 6.08 Å². The molecule has 2 rings (SSSR count). The van der Waals surface area contributed by atoms with Crippen LogP contribution in [0.25, 0.3) is 0 Å². The van der Waals surface area contributed by atoms with Gasteiger partial charge in [0.05, 0.1) is 6.07 Å². The first-order chi connectivity index (χ1) is 5.92. The molecule has 0 N–H and O–H groups in total. The third-order valence-corrected chi connectivity index (χ3v) is 2.98. The first kappa shape index (κ1) is 7.82. The summed E-state index contributed by atoms with van der Waals surface area (Å²) in [5.74, 6) is 0. The Kier molecular flexibility index (Phi) is 2.14. The van der Waals surface area contributed by atoms with Crippen LogP contribution in [-0.4, -0.2) is 24.0 Å². The minimum Gasteiger partial charge on any atom is -0.296 e. The molecule has 2 fully saturated rings. The Labute approximate surface area is 73.5 Å². The Balaban J connectivity index is 2.12. The number of allylic oxidation sites excluding steroid dienone is 1. The molecule has 0 aromatic heterocycles. The van der Waals surface area contributed by atoms with Gasteiger partial charge in [0.25, 0.3) is 0 Å². The molecule has 0 aromatic rings. The summed E-state index contributed by atoms with van der Waals surface area (Å²) < 4.78 is 0. The molecule has 0 amide bonds. The van der Waals surface area contributed by atoms with Crippen molar-refractivity contribution in [3.05, 3.63) is 11.6 Å². The van der Waals surface area contributed by atoms with Crippen LogP contribution in [0.2, 0.25) is 0 Å². The van der Waals surface area contributed by atoms with E-state index in [1.807, 2.05) is 0 Å². The van der Waals surface area contributed by atoms with Gasteiger partial charge in [0.1, 0.15) is 0 Å². The Morgan fingerprint density at radius 1 is 1.42 bits per heavy atom. The van der Waals surface area contributed by atoms with Crippen molar-refractivity contribution in [2.24, 2.45) is 0 Å². The van der Waals surface area contributed by atoms with Crippen LogP contribution in [0.15, 0.2) is 11.6 Å². The zero-order valence-corrected chi connectivity index (χ0v) is 7.29. The third kappa shape index (κ3) is 1.25. The van der Waals surface area contributed by atoms with Crippen LogP contribution >= 0.6 is 0 Å². The van der Waals surface area contributed by atoms with Crippen molar-refractivity contribution in [3.8, 4) is 6.07 Å². The molecule has 0 saturated carbocycles. The van der Waals surface area contributed by atoms with Crippen molar-refractivity contribution >= 4 is 0 Å². The normalized spacial score (nSPS) is 33.2. The summed E-state index contributed by atoms with van der Waals surface area (Å²) in [5.41, 5.74) is 1.37. The van der Waals surface area contributed by atoms with E-state index in [1.165, 1.54) is 37.9 Å². The molecule has 2 aliphatic rings. The molecule has 12 heavy (non-hydrogen) atoms. The standard InChI is InChI=1S/C10H14N2/c11-6-4-9-5-8-12-7-2-1-3-10(9)12/h4,10H,1-3,5,7-8H2/b9-4-. The molecule has 0 aromatic carbocycles. The number of nitrogens with zero attached hydrogens (tertiary/aromatic N) is 2. The molecule has 0 bridgehead atoms. The van der Waals surface area contributed by atoms with Gasteiger partial charge in [0, 0.05) is 18.7 Å². The highest BCUT2D eigenvalue weighted by molar-refractivity contribution is 5.23. The average Bonchev–Trinajstić information content (AvgIpc) is 2.50. The second-order valence-corrected chi connectivity index (χ2v) is 3.65. The summed E-state index contributed by atoms with van der Waals surface area (Å²) >= 11 is 0. The highest BCUT2D eigenvalue weighted by Crippen LogP contribution is 2.30. The Hall–Kier alpha value is -0.810. The number of fused-ring (bicyclic) bond motifs is 1. The lowest BCUT2D eigenvalue weighted by atomic mass is 9.98. The maximum absolute atomic E-state index is 8.57. The molecule has 2 aliphatic heterocycles. The van der Waals surface area contributed by atoms with E-state index in [2.05, 4.69) is 11.0 Å². The van der Waals surface area contributed by atoms with Gasteiger partial charge in [-0.05, 0) is 31.4 Å². The molecular weight excluding hydrogens is 148 g/mol. The second kappa shape index (κ2) is 3.28. The summed E-state index contributed by atoms with van der Waals surface area (Å²) in [6.45, 7) is 2.42. The van der Waals surface area contributed by atoms with Gasteiger partial charge in [0.15, 0.2) is 0 Å². The Morgan fingerprint density at radius 2 is 2.33 bits per heavy atom. The summed E-state index contributed by atoms with van der Waals surface area (Å²) in [6, 6.07) is 2.78. The van der Waals surface area contributed by atoms with Gasteiger partial charge in [-0.3, -0.25) is 4.90 Å². The molecule has 0 radical (unpaired) electrons. The molecule has 2 heterocycles. The van der Waals surface area contributed by atoms with Crippen molar-refractivity contribution in [2.75, 3.05) is 13.1 Å². The first-order valence-corrected chi connectivity index (χ1v) is 4.74. The van der Waals surface area contributed by atoms with Gasteiger partial charge in [-0.15, -0.1) is 0 Å². The molecule has 2 heteroatoms. The fraction of sp³-hybridized carbons (Fsp3) is 0.700. The van der Waals surface area contributed by atoms with Gasteiger partial charge < -0.3 is 0 Å². The molecular formula is C10H14N2. The zero-order chi connectivity index (χ0) is 8.39. The number of piperidine rings is 1. The van der Waals surface area contributed by atoms with Gasteiger partial charge in [-0.2, -0.15) is 5.26 Å². The van der Waals surface area contributed by atoms with E-state index in [9.17, 15) is 0 Å². The smallest absolute Gasteiger partial charge is 0.0912 e. The summed E-state index contributed by atoms with van der Waals surface area (Å²) in [7, 11) is 0. The van der Waals surface area contributed by atoms with Crippen molar-refractivity contribution in [2.45, 2.75) is 31.7 Å². The fourth-order valence-corrected chi connectivity index (χ4v) is 2.37. The van der Waals surface area contributed by atoms with Crippen LogP contribution in [0.4, 0.5) is 0 Å². The van der Waals surface area contributed by atoms with Crippen molar-refractivity contribution in [1.29, 1.82) is 5.26 Å². The average molecular weight is 162 g/mol. The summed E-state index contributed by atoms with van der Waals surface area (Å²) in [6.07, 6.45) is 6.84. The van der Waals surface area contributed by atoms with Crippen LogP contribution in [0.3, 0.4) is 0 Å². The predicted molar refractivity (Wildman–Crippen MR) is 47.5 cm³/mol. The van der Waals surface area contributed by atoms with Crippen molar-refractivity contribution in [3.63, 3.8) is 0 Å². The van der Waals surface area contributed by atoms with E-state index in [0.29, 0.717) is 6.04 Å². The molecule has 64 valence electrons. The largest absolute Gasteiger partial charge is 0.296 e. The molecule has 2 nitrogen and oxygen atoms in total. The zero-order valence-electron chi connectivity index (χ0n) is 7.29. The van der Waals surface area contributed by atoms with Crippen LogP contribution < -0.4 is 0 Å². The second-order valence-electron chi connectivity index (χ2n) is 3.65. The molecule has 1 atom stereocenters. The number of rotatable bonds is 0. The van der Waals surface area contributed by atoms with Crippen LogP contribution in [0, 0.1) is 11.3 Å². The topological polar surface area (TPSA) is 27.0 Å². The number of hydrogen-bond donors (Lipinski definition) is 0. The highest BCUT2D eigenvalue weighted by Gasteiger charge is 2.30. The lowest BCUT2D eigenvalue weighted by molar-refractivity contribution is 0.213. The SMILES string of the molecule is N#C/C=C1/CCN2CCCCC12. The predicted octanol–water partition coefficient (Wildman–Crippen LogP) is 1.69. The highest BCUT2D eigenvalue weighted by atomic mass is 15.2. The summed E-state index contributed by atoms with van der Waals surface area (Å²) in [5, 5.41) is 8.57. The van der Waals surface area contributed by atoms with E-state index < -0.39 is 0 Å². The quantitative estimate of drug-likeness (QED) is 0.507. The van der Waals surface area contributed by atoms with E-state index >= 15 is 0 Å². The Bertz CT molecular complexity index is 237. The first-order valence-electron chi connectivity index (χ1n) is 4.74. The third-order valence-electron chi connectivity index (χ3n) is 2.98.